The molecule has 1 N–H and O–H groups in total. The fraction of sp³-hybridized carbons (Fsp3) is 0.375. The van der Waals surface area contributed by atoms with Crippen LogP contribution < -0.4 is 0 Å². The molecule has 1 aliphatic rings. The van der Waals surface area contributed by atoms with Gasteiger partial charge in [-0.1, -0.05) is 42.8 Å². The van der Waals surface area contributed by atoms with Crippen molar-refractivity contribution in [1.29, 1.82) is 0 Å². The van der Waals surface area contributed by atoms with Gasteiger partial charge >= 0.3 is 0 Å². The Morgan fingerprint density at radius 3 is 2.34 bits per heavy atom. The fourth-order valence-corrected chi connectivity index (χ4v) is 4.17. The van der Waals surface area contributed by atoms with E-state index >= 15 is 0 Å². The maximum absolute atomic E-state index is 14.4. The van der Waals surface area contributed by atoms with Gasteiger partial charge in [0.25, 0.3) is 0 Å². The molecule has 0 unspecified atom stereocenters. The topological polar surface area (TPSA) is 46.5 Å². The van der Waals surface area contributed by atoms with Crippen LogP contribution in [0.2, 0.25) is 5.02 Å². The van der Waals surface area contributed by atoms with Crippen molar-refractivity contribution in [3.63, 3.8) is 0 Å². The Bertz CT molecular complexity index is 1030. The van der Waals surface area contributed by atoms with Gasteiger partial charge in [0, 0.05) is 5.56 Å². The van der Waals surface area contributed by atoms with Crippen LogP contribution in [-0.4, -0.2) is 22.1 Å². The van der Waals surface area contributed by atoms with Crippen molar-refractivity contribution < 1.29 is 19.0 Å². The number of ether oxygens (including phenoxy) is 1. The summed E-state index contributed by atoms with van der Waals surface area (Å²) >= 11 is 6.27. The summed E-state index contributed by atoms with van der Waals surface area (Å²) < 4.78 is 20.2. The molecule has 0 aliphatic carbocycles. The average molecular weight is 417 g/mol. The van der Waals surface area contributed by atoms with Gasteiger partial charge in [-0.25, -0.2) is 4.39 Å². The number of Topliss-reactive ketones (excluding diaryl/α,β-unsaturated/α-hetero) is 1. The molecule has 0 bridgehead atoms. The fourth-order valence-electron chi connectivity index (χ4n) is 3.85. The lowest BCUT2D eigenvalue weighted by Gasteiger charge is -2.40. The summed E-state index contributed by atoms with van der Waals surface area (Å²) in [6, 6.07) is 8.99. The largest absolute Gasteiger partial charge is 0.508 e. The van der Waals surface area contributed by atoms with E-state index in [1.165, 1.54) is 0 Å². The zero-order chi connectivity index (χ0) is 21.7. The molecule has 3 rings (SSSR count). The summed E-state index contributed by atoms with van der Waals surface area (Å²) in [6.07, 6.45) is 0.664. The normalized spacial score (nSPS) is 18.3. The Balaban J connectivity index is 2.29. The van der Waals surface area contributed by atoms with Gasteiger partial charge in [-0.05, 0) is 69.4 Å². The van der Waals surface area contributed by atoms with Crippen molar-refractivity contribution in [3.8, 4) is 11.1 Å². The molecule has 154 valence electrons. The van der Waals surface area contributed by atoms with Crippen molar-refractivity contribution in [2.45, 2.75) is 59.2 Å². The first kappa shape index (κ1) is 21.5. The average Bonchev–Trinajstić information content (AvgIpc) is 2.64. The van der Waals surface area contributed by atoms with Crippen molar-refractivity contribution >= 4 is 23.0 Å². The number of carbonyl (C=O) groups excluding carboxylic acids is 1. The van der Waals surface area contributed by atoms with Crippen molar-refractivity contribution in [3.05, 3.63) is 63.6 Å². The van der Waals surface area contributed by atoms with Gasteiger partial charge in [-0.15, -0.1) is 0 Å². The summed E-state index contributed by atoms with van der Waals surface area (Å²) in [5, 5.41) is 11.0. The molecule has 1 aliphatic heterocycles. The molecular weight excluding hydrogens is 391 g/mol. The van der Waals surface area contributed by atoms with Crippen LogP contribution in [0, 0.1) is 12.7 Å². The molecule has 3 nitrogen and oxygen atoms in total. The zero-order valence-electron chi connectivity index (χ0n) is 17.6. The van der Waals surface area contributed by atoms with Gasteiger partial charge < -0.3 is 9.84 Å². The Hall–Kier alpha value is -2.17. The van der Waals surface area contributed by atoms with Gasteiger partial charge in [-0.3, -0.25) is 4.79 Å². The maximum Gasteiger partial charge on any atom is 0.198 e. The van der Waals surface area contributed by atoms with Crippen molar-refractivity contribution in [1.82, 2.24) is 0 Å². The van der Waals surface area contributed by atoms with Crippen LogP contribution >= 0.6 is 11.6 Å². The highest BCUT2D eigenvalue weighted by Gasteiger charge is 2.47. The van der Waals surface area contributed by atoms with Crippen LogP contribution in [0.3, 0.4) is 0 Å². The molecule has 0 radical (unpaired) electrons. The Morgan fingerprint density at radius 1 is 1.07 bits per heavy atom. The highest BCUT2D eigenvalue weighted by molar-refractivity contribution is 6.33. The quantitative estimate of drug-likeness (QED) is 0.626. The van der Waals surface area contributed by atoms with E-state index in [1.54, 1.807) is 52.8 Å². The molecule has 0 saturated heterocycles. The minimum absolute atomic E-state index is 0.0392. The van der Waals surface area contributed by atoms with E-state index in [0.717, 1.165) is 5.56 Å². The smallest absolute Gasteiger partial charge is 0.198 e. The molecule has 1 heterocycles. The predicted octanol–water partition coefficient (Wildman–Crippen LogP) is 6.44. The summed E-state index contributed by atoms with van der Waals surface area (Å²) in [5.74, 6) is -0.853. The minimum Gasteiger partial charge on any atom is -0.508 e. The number of aryl methyl sites for hydroxylation is 2. The number of aliphatic hydroxyl groups is 1. The molecule has 0 saturated carbocycles. The number of aliphatic hydroxyl groups excluding tert-OH is 1. The number of ketones is 1. The molecule has 2 aromatic carbocycles. The Kier molecular flexibility index (Phi) is 5.39. The van der Waals surface area contributed by atoms with Crippen LogP contribution in [-0.2, 0) is 16.0 Å². The van der Waals surface area contributed by atoms with Crippen LogP contribution in [0.1, 0.15) is 51.3 Å². The molecule has 29 heavy (non-hydrogen) atoms. The SMILES string of the molecule is CCc1ccc(-c2ccc(C)c(F)c2Cl)cc1C1=C(O)C(C)(C)OC(C)(C)C1=O. The summed E-state index contributed by atoms with van der Waals surface area (Å²) in [7, 11) is 0. The number of benzene rings is 2. The Morgan fingerprint density at radius 2 is 1.72 bits per heavy atom. The highest BCUT2D eigenvalue weighted by Crippen LogP contribution is 2.42. The first-order valence-electron chi connectivity index (χ1n) is 9.67. The van der Waals surface area contributed by atoms with Gasteiger partial charge in [-0.2, -0.15) is 0 Å². The summed E-state index contributed by atoms with van der Waals surface area (Å²) in [4.78, 5) is 13.2. The van der Waals surface area contributed by atoms with Crippen LogP contribution in [0.5, 0.6) is 0 Å². The number of rotatable bonds is 3. The number of carbonyl (C=O) groups is 1. The molecular formula is C24H26ClFO3. The van der Waals surface area contributed by atoms with E-state index in [-0.39, 0.29) is 22.1 Å². The molecule has 0 amide bonds. The number of hydrogen-bond acceptors (Lipinski definition) is 3. The van der Waals surface area contributed by atoms with Crippen LogP contribution in [0.15, 0.2) is 36.1 Å². The summed E-state index contributed by atoms with van der Waals surface area (Å²) in [6.45, 7) is 10.5. The second-order valence-corrected chi connectivity index (χ2v) is 8.84. The first-order chi connectivity index (χ1) is 13.4. The van der Waals surface area contributed by atoms with Gasteiger partial charge in [0.2, 0.25) is 0 Å². The molecule has 0 fully saturated rings. The van der Waals surface area contributed by atoms with Crippen LogP contribution in [0.25, 0.3) is 16.7 Å². The van der Waals surface area contributed by atoms with E-state index in [2.05, 4.69) is 0 Å². The number of hydrogen-bond donors (Lipinski definition) is 1. The molecule has 5 heteroatoms. The van der Waals surface area contributed by atoms with Gasteiger partial charge in [0.15, 0.2) is 5.78 Å². The van der Waals surface area contributed by atoms with E-state index in [4.69, 9.17) is 16.3 Å². The van der Waals surface area contributed by atoms with Gasteiger partial charge in [0.1, 0.15) is 22.8 Å². The monoisotopic (exact) mass is 416 g/mol. The lowest BCUT2D eigenvalue weighted by atomic mass is 9.80. The Labute approximate surface area is 176 Å². The lowest BCUT2D eigenvalue weighted by molar-refractivity contribution is -0.158. The van der Waals surface area contributed by atoms with E-state index < -0.39 is 17.0 Å². The minimum atomic E-state index is -1.08. The molecule has 2 aromatic rings. The van der Waals surface area contributed by atoms with E-state index in [9.17, 15) is 14.3 Å². The standard InChI is InChI=1S/C24H26ClFO3/c1-7-14-9-10-15(16-11-8-13(2)20(26)19(16)25)12-17(14)18-21(27)23(3,4)29-24(5,6)22(18)28/h8-12,27H,7H2,1-6H3. The molecule has 0 atom stereocenters. The zero-order valence-corrected chi connectivity index (χ0v) is 18.4. The van der Waals surface area contributed by atoms with E-state index in [1.807, 2.05) is 19.1 Å². The highest BCUT2D eigenvalue weighted by atomic mass is 35.5. The second-order valence-electron chi connectivity index (χ2n) is 8.46. The van der Waals surface area contributed by atoms with Crippen LogP contribution in [0.4, 0.5) is 4.39 Å². The number of halogens is 2. The molecule has 0 spiro atoms. The second kappa shape index (κ2) is 7.26. The van der Waals surface area contributed by atoms with Gasteiger partial charge in [0.05, 0.1) is 10.6 Å². The third kappa shape index (κ3) is 3.60. The molecule has 0 aromatic heterocycles. The van der Waals surface area contributed by atoms with E-state index in [0.29, 0.717) is 28.7 Å². The third-order valence-electron chi connectivity index (χ3n) is 5.44. The summed E-state index contributed by atoms with van der Waals surface area (Å²) in [5.41, 5.74) is 1.35. The third-order valence-corrected chi connectivity index (χ3v) is 5.81. The first-order valence-corrected chi connectivity index (χ1v) is 10.1. The lowest BCUT2D eigenvalue weighted by Crippen LogP contribution is -2.49. The van der Waals surface area contributed by atoms with Crippen molar-refractivity contribution in [2.75, 3.05) is 0 Å². The maximum atomic E-state index is 14.4. The van der Waals surface area contributed by atoms with Crippen molar-refractivity contribution in [2.24, 2.45) is 0 Å². The predicted molar refractivity (Wildman–Crippen MR) is 115 cm³/mol.